The molecule has 0 radical (unpaired) electrons. The van der Waals surface area contributed by atoms with E-state index >= 15 is 0 Å². The van der Waals surface area contributed by atoms with Crippen LogP contribution in [0.5, 0.6) is 0 Å². The Balaban J connectivity index is 1.99. The first-order valence-corrected chi connectivity index (χ1v) is 7.61. The molecule has 0 bridgehead atoms. The number of piperazine rings is 1. The lowest BCUT2D eigenvalue weighted by Crippen LogP contribution is -2.52. The highest BCUT2D eigenvalue weighted by atomic mass is 35.5. The molecule has 4 nitrogen and oxygen atoms in total. The van der Waals surface area contributed by atoms with Crippen molar-refractivity contribution in [3.63, 3.8) is 0 Å². The summed E-state index contributed by atoms with van der Waals surface area (Å²) < 4.78 is 0. The van der Waals surface area contributed by atoms with E-state index in [1.807, 2.05) is 19.2 Å². The molecule has 1 N–H and O–H groups in total. The van der Waals surface area contributed by atoms with Gasteiger partial charge in [-0.05, 0) is 24.6 Å². The van der Waals surface area contributed by atoms with Gasteiger partial charge in [0.1, 0.15) is 0 Å². The number of hydrogen-bond acceptors (Lipinski definition) is 2. The number of guanidine groups is 1. The van der Waals surface area contributed by atoms with E-state index in [2.05, 4.69) is 45.7 Å². The van der Waals surface area contributed by atoms with Gasteiger partial charge in [-0.25, -0.2) is 0 Å². The van der Waals surface area contributed by atoms with Gasteiger partial charge in [0.05, 0.1) is 0 Å². The molecule has 2 rings (SSSR count). The average Bonchev–Trinajstić information content (AvgIpc) is 2.51. The van der Waals surface area contributed by atoms with E-state index in [9.17, 15) is 0 Å². The molecular formula is C16H23ClN4. The molecule has 1 heterocycles. The zero-order valence-corrected chi connectivity index (χ0v) is 13.5. The van der Waals surface area contributed by atoms with Crippen molar-refractivity contribution >= 4 is 23.2 Å². The van der Waals surface area contributed by atoms with E-state index in [4.69, 9.17) is 11.6 Å². The summed E-state index contributed by atoms with van der Waals surface area (Å²) in [5.74, 6) is 0.942. The predicted octanol–water partition coefficient (Wildman–Crippen LogP) is 2.53. The fourth-order valence-electron chi connectivity index (χ4n) is 2.58. The smallest absolute Gasteiger partial charge is 0.194 e. The Morgan fingerprint density at radius 2 is 2.10 bits per heavy atom. The molecule has 0 aliphatic carbocycles. The quantitative estimate of drug-likeness (QED) is 0.529. The number of benzene rings is 1. The van der Waals surface area contributed by atoms with E-state index in [1.54, 1.807) is 0 Å². The van der Waals surface area contributed by atoms with E-state index in [0.717, 1.165) is 43.7 Å². The lowest BCUT2D eigenvalue weighted by atomic mass is 10.1. The number of rotatable bonds is 3. The number of nitrogens with one attached hydrogen (secondary N) is 1. The SMILES string of the molecule is C=CCNC(=NC)N1CCN(c2cc(Cl)ccc2C)CC1. The summed E-state index contributed by atoms with van der Waals surface area (Å²) >= 11 is 6.12. The van der Waals surface area contributed by atoms with Crippen LogP contribution in [0.2, 0.25) is 5.02 Å². The lowest BCUT2D eigenvalue weighted by molar-refractivity contribution is 0.374. The number of aliphatic imine (C=N–C) groups is 1. The topological polar surface area (TPSA) is 30.9 Å². The first-order chi connectivity index (χ1) is 10.2. The second-order valence-electron chi connectivity index (χ2n) is 5.12. The average molecular weight is 307 g/mol. The van der Waals surface area contributed by atoms with Gasteiger partial charge in [0.15, 0.2) is 5.96 Å². The van der Waals surface area contributed by atoms with Crippen LogP contribution in [0.3, 0.4) is 0 Å². The molecule has 0 unspecified atom stereocenters. The van der Waals surface area contributed by atoms with Crippen molar-refractivity contribution in [2.24, 2.45) is 4.99 Å². The summed E-state index contributed by atoms with van der Waals surface area (Å²) in [6.45, 7) is 10.4. The molecule has 0 aromatic heterocycles. The maximum atomic E-state index is 6.12. The largest absolute Gasteiger partial charge is 0.368 e. The molecule has 1 aliphatic heterocycles. The van der Waals surface area contributed by atoms with Crippen molar-refractivity contribution in [3.8, 4) is 0 Å². The molecule has 1 fully saturated rings. The van der Waals surface area contributed by atoms with Gasteiger partial charge in [-0.1, -0.05) is 23.7 Å². The Morgan fingerprint density at radius 3 is 2.71 bits per heavy atom. The maximum Gasteiger partial charge on any atom is 0.194 e. The highest BCUT2D eigenvalue weighted by Gasteiger charge is 2.20. The fraction of sp³-hybridized carbons (Fsp3) is 0.438. The number of anilines is 1. The summed E-state index contributed by atoms with van der Waals surface area (Å²) in [7, 11) is 1.82. The van der Waals surface area contributed by atoms with Crippen molar-refractivity contribution in [2.75, 3.05) is 44.7 Å². The van der Waals surface area contributed by atoms with Gasteiger partial charge in [0, 0.05) is 50.5 Å². The van der Waals surface area contributed by atoms with Crippen LogP contribution in [0.15, 0.2) is 35.8 Å². The van der Waals surface area contributed by atoms with Gasteiger partial charge in [0.25, 0.3) is 0 Å². The normalized spacial score (nSPS) is 16.0. The Kier molecular flexibility index (Phi) is 5.51. The van der Waals surface area contributed by atoms with Crippen LogP contribution in [0, 0.1) is 6.92 Å². The van der Waals surface area contributed by atoms with E-state index in [1.165, 1.54) is 11.3 Å². The van der Waals surface area contributed by atoms with Gasteiger partial charge in [0.2, 0.25) is 0 Å². The molecule has 21 heavy (non-hydrogen) atoms. The number of halogens is 1. The van der Waals surface area contributed by atoms with Crippen molar-refractivity contribution in [3.05, 3.63) is 41.4 Å². The number of aryl methyl sites for hydroxylation is 1. The van der Waals surface area contributed by atoms with Crippen LogP contribution in [0.25, 0.3) is 0 Å². The lowest BCUT2D eigenvalue weighted by Gasteiger charge is -2.38. The summed E-state index contributed by atoms with van der Waals surface area (Å²) in [5.41, 5.74) is 2.50. The summed E-state index contributed by atoms with van der Waals surface area (Å²) in [6, 6.07) is 6.07. The first kappa shape index (κ1) is 15.7. The van der Waals surface area contributed by atoms with Crippen molar-refractivity contribution in [1.29, 1.82) is 0 Å². The zero-order chi connectivity index (χ0) is 15.2. The van der Waals surface area contributed by atoms with E-state index in [0.29, 0.717) is 0 Å². The van der Waals surface area contributed by atoms with Crippen LogP contribution in [0.4, 0.5) is 5.69 Å². The van der Waals surface area contributed by atoms with E-state index < -0.39 is 0 Å². The standard InChI is InChI=1S/C16H23ClN4/c1-4-7-19-16(18-3)21-10-8-20(9-11-21)15-12-14(17)6-5-13(15)2/h4-6,12H,1,7-11H2,2-3H3,(H,18,19). The third kappa shape index (κ3) is 3.91. The molecule has 0 saturated carbocycles. The van der Waals surface area contributed by atoms with Crippen LogP contribution >= 0.6 is 11.6 Å². The summed E-state index contributed by atoms with van der Waals surface area (Å²) in [4.78, 5) is 8.99. The molecule has 5 heteroatoms. The molecule has 1 aromatic rings. The van der Waals surface area contributed by atoms with Crippen LogP contribution in [-0.4, -0.2) is 50.6 Å². The van der Waals surface area contributed by atoms with Gasteiger partial charge >= 0.3 is 0 Å². The van der Waals surface area contributed by atoms with Crippen LogP contribution < -0.4 is 10.2 Å². The van der Waals surface area contributed by atoms with E-state index in [-0.39, 0.29) is 0 Å². The van der Waals surface area contributed by atoms with Crippen molar-refractivity contribution in [1.82, 2.24) is 10.2 Å². The Bertz CT molecular complexity index is 519. The molecule has 1 saturated heterocycles. The molecule has 0 amide bonds. The fourth-order valence-corrected chi connectivity index (χ4v) is 2.74. The van der Waals surface area contributed by atoms with Crippen LogP contribution in [-0.2, 0) is 0 Å². The molecule has 0 spiro atoms. The minimum atomic E-state index is 0.736. The second-order valence-corrected chi connectivity index (χ2v) is 5.56. The predicted molar refractivity (Wildman–Crippen MR) is 91.5 cm³/mol. The highest BCUT2D eigenvalue weighted by molar-refractivity contribution is 6.30. The van der Waals surface area contributed by atoms with Crippen molar-refractivity contribution in [2.45, 2.75) is 6.92 Å². The minimum Gasteiger partial charge on any atom is -0.368 e. The first-order valence-electron chi connectivity index (χ1n) is 7.23. The second kappa shape index (κ2) is 7.36. The van der Waals surface area contributed by atoms with Crippen LogP contribution in [0.1, 0.15) is 5.56 Å². The molecule has 1 aliphatic rings. The third-order valence-corrected chi connectivity index (χ3v) is 3.94. The molecule has 1 aromatic carbocycles. The number of nitrogens with zero attached hydrogens (tertiary/aromatic N) is 3. The highest BCUT2D eigenvalue weighted by Crippen LogP contribution is 2.25. The third-order valence-electron chi connectivity index (χ3n) is 3.71. The Labute approximate surface area is 132 Å². The summed E-state index contributed by atoms with van der Waals surface area (Å²) in [5, 5.41) is 4.08. The maximum absolute atomic E-state index is 6.12. The molecular weight excluding hydrogens is 284 g/mol. The van der Waals surface area contributed by atoms with Gasteiger partial charge in [-0.3, -0.25) is 4.99 Å². The monoisotopic (exact) mass is 306 g/mol. The minimum absolute atomic E-state index is 0.736. The molecule has 114 valence electrons. The van der Waals surface area contributed by atoms with Crippen molar-refractivity contribution < 1.29 is 0 Å². The Hall–Kier alpha value is -1.68. The molecule has 0 atom stereocenters. The van der Waals surface area contributed by atoms with Gasteiger partial charge in [-0.15, -0.1) is 6.58 Å². The zero-order valence-electron chi connectivity index (χ0n) is 12.8. The Morgan fingerprint density at radius 1 is 1.38 bits per heavy atom. The van der Waals surface area contributed by atoms with Gasteiger partial charge < -0.3 is 15.1 Å². The van der Waals surface area contributed by atoms with Gasteiger partial charge in [-0.2, -0.15) is 0 Å². The summed E-state index contributed by atoms with van der Waals surface area (Å²) in [6.07, 6.45) is 1.84. The number of hydrogen-bond donors (Lipinski definition) is 1.